The predicted octanol–water partition coefficient (Wildman–Crippen LogP) is 4.16. The number of piperazine rings is 1. The molecule has 300 valence electrons. The average Bonchev–Trinajstić information content (AvgIpc) is 3.88. The monoisotopic (exact) mass is 802 g/mol. The molecule has 3 aromatic carbocycles. The van der Waals surface area contributed by atoms with Crippen molar-refractivity contribution in [1.29, 1.82) is 5.26 Å². The van der Waals surface area contributed by atoms with Gasteiger partial charge in [-0.3, -0.25) is 34.2 Å². The van der Waals surface area contributed by atoms with Gasteiger partial charge >= 0.3 is 0 Å². The van der Waals surface area contributed by atoms with Crippen LogP contribution < -0.4 is 15.1 Å². The number of nitrogens with zero attached hydrogens (tertiary/aromatic N) is 7. The third kappa shape index (κ3) is 7.06. The lowest BCUT2D eigenvalue weighted by Crippen LogP contribution is -2.52. The van der Waals surface area contributed by atoms with Crippen LogP contribution in [0.4, 0.5) is 11.4 Å². The lowest BCUT2D eigenvalue weighted by Gasteiger charge is -2.40. The maximum Gasteiger partial charge on any atom is 0.255 e. The van der Waals surface area contributed by atoms with E-state index in [1.807, 2.05) is 52.3 Å². The number of carbonyl (C=O) groups is 5. The molecule has 0 radical (unpaired) electrons. The lowest BCUT2D eigenvalue weighted by atomic mass is 9.76. The highest BCUT2D eigenvalue weighted by Gasteiger charge is 2.44. The highest BCUT2D eigenvalue weighted by molar-refractivity contribution is 6.32. The molecule has 6 heterocycles. The predicted molar refractivity (Wildman–Crippen MR) is 217 cm³/mol. The summed E-state index contributed by atoms with van der Waals surface area (Å²) in [7, 11) is 0. The molecule has 3 aromatic rings. The number of piperidine rings is 2. The van der Waals surface area contributed by atoms with E-state index in [2.05, 4.69) is 45.1 Å². The Morgan fingerprint density at radius 1 is 0.845 bits per heavy atom. The van der Waals surface area contributed by atoms with Crippen LogP contribution >= 0.6 is 11.6 Å². The molecule has 0 saturated carbocycles. The Hall–Kier alpha value is -5.45. The van der Waals surface area contributed by atoms with Crippen LogP contribution in [0.5, 0.6) is 0 Å². The van der Waals surface area contributed by atoms with Gasteiger partial charge in [0.25, 0.3) is 11.8 Å². The summed E-state index contributed by atoms with van der Waals surface area (Å²) >= 11 is 6.37. The number of nitriles is 1. The molecule has 4 fully saturated rings. The molecule has 0 aromatic heterocycles. The number of halogens is 1. The Morgan fingerprint density at radius 3 is 2.22 bits per heavy atom. The first-order valence-electron chi connectivity index (χ1n) is 20.4. The Morgan fingerprint density at radius 2 is 1.53 bits per heavy atom. The average molecular weight is 803 g/mol. The van der Waals surface area contributed by atoms with Crippen LogP contribution in [0.15, 0.2) is 54.6 Å². The topological polar surface area (TPSA) is 141 Å². The molecule has 1 N–H and O–H groups in total. The Labute approximate surface area is 343 Å². The van der Waals surface area contributed by atoms with Crippen LogP contribution in [-0.2, 0) is 34.0 Å². The molecular weight excluding hydrogens is 756 g/mol. The van der Waals surface area contributed by atoms with Crippen molar-refractivity contribution in [3.63, 3.8) is 0 Å². The molecule has 0 bridgehead atoms. The van der Waals surface area contributed by atoms with Gasteiger partial charge < -0.3 is 24.5 Å². The summed E-state index contributed by atoms with van der Waals surface area (Å²) < 4.78 is 0. The van der Waals surface area contributed by atoms with Crippen molar-refractivity contribution in [1.82, 2.24) is 24.9 Å². The smallest absolute Gasteiger partial charge is 0.255 e. The van der Waals surface area contributed by atoms with E-state index in [1.165, 1.54) is 0 Å². The first-order valence-corrected chi connectivity index (χ1v) is 20.8. The van der Waals surface area contributed by atoms with Crippen LogP contribution in [0.25, 0.3) is 0 Å². The first-order chi connectivity index (χ1) is 28.0. The molecule has 6 aliphatic rings. The second-order valence-electron chi connectivity index (χ2n) is 17.0. The quantitative estimate of drug-likeness (QED) is 0.364. The highest BCUT2D eigenvalue weighted by Crippen LogP contribution is 2.46. The molecule has 0 aliphatic carbocycles. The van der Waals surface area contributed by atoms with E-state index in [4.69, 9.17) is 11.6 Å². The number of imide groups is 1. The zero-order valence-electron chi connectivity index (χ0n) is 32.7. The summed E-state index contributed by atoms with van der Waals surface area (Å²) in [5.41, 5.74) is 7.14. The molecule has 14 heteroatoms. The van der Waals surface area contributed by atoms with Crippen LogP contribution in [0, 0.1) is 16.7 Å². The van der Waals surface area contributed by atoms with Crippen LogP contribution in [-0.4, -0.2) is 114 Å². The minimum atomic E-state index is -0.643. The third-order valence-corrected chi connectivity index (χ3v) is 13.7. The maximum absolute atomic E-state index is 13.5. The van der Waals surface area contributed by atoms with Gasteiger partial charge in [-0.2, -0.15) is 5.26 Å². The second-order valence-corrected chi connectivity index (χ2v) is 17.4. The molecule has 2 atom stereocenters. The maximum atomic E-state index is 13.5. The molecule has 4 saturated heterocycles. The van der Waals surface area contributed by atoms with Crippen molar-refractivity contribution in [3.8, 4) is 6.07 Å². The summed E-state index contributed by atoms with van der Waals surface area (Å²) in [5.74, 6) is -0.912. The van der Waals surface area contributed by atoms with E-state index in [0.717, 1.165) is 67.0 Å². The standard InChI is InChI=1S/C44H47ClN8O5/c1-28-21-44(27-53(28)35-7-4-30(22-46)37(45)20-35)10-12-49(13-11-44)34-5-2-29(3-6-34)42(57)51-16-14-50(15-17-51)40(55)26-48-23-31-18-33-25-52(38-8-9-39(54)47-41(38)56)43(58)36(33)19-32(31)24-48/h2-7,18-20,28,38H,8-17,21,23-27H2,1H3,(H,47,54,56). The fourth-order valence-corrected chi connectivity index (χ4v) is 10.4. The summed E-state index contributed by atoms with van der Waals surface area (Å²) in [6.45, 7) is 8.80. The van der Waals surface area contributed by atoms with E-state index in [0.29, 0.717) is 80.0 Å². The fourth-order valence-electron chi connectivity index (χ4n) is 10.1. The number of rotatable bonds is 6. The summed E-state index contributed by atoms with van der Waals surface area (Å²) in [5, 5.41) is 12.1. The van der Waals surface area contributed by atoms with Crippen molar-refractivity contribution in [2.45, 2.75) is 70.7 Å². The minimum Gasteiger partial charge on any atom is -0.371 e. The van der Waals surface area contributed by atoms with E-state index < -0.39 is 11.9 Å². The number of anilines is 2. The Kier molecular flexibility index (Phi) is 9.88. The normalized spacial score (nSPS) is 23.0. The molecule has 9 rings (SSSR count). The van der Waals surface area contributed by atoms with Gasteiger partial charge in [0.1, 0.15) is 12.1 Å². The van der Waals surface area contributed by atoms with E-state index in [1.54, 1.807) is 4.90 Å². The number of nitrogens with one attached hydrogen (secondary N) is 1. The largest absolute Gasteiger partial charge is 0.371 e. The second kappa shape index (κ2) is 15.1. The fraction of sp³-hybridized carbons (Fsp3) is 0.455. The van der Waals surface area contributed by atoms with Gasteiger partial charge in [0.05, 0.1) is 17.1 Å². The Bertz CT molecular complexity index is 2240. The van der Waals surface area contributed by atoms with Crippen molar-refractivity contribution in [2.24, 2.45) is 5.41 Å². The number of fused-ring (bicyclic) bond motifs is 2. The lowest BCUT2D eigenvalue weighted by molar-refractivity contribution is -0.137. The van der Waals surface area contributed by atoms with Gasteiger partial charge in [0, 0.05) is 100 Å². The molecule has 5 amide bonds. The van der Waals surface area contributed by atoms with Crippen LogP contribution in [0.2, 0.25) is 5.02 Å². The number of amides is 5. The highest BCUT2D eigenvalue weighted by atomic mass is 35.5. The van der Waals surface area contributed by atoms with E-state index >= 15 is 0 Å². The van der Waals surface area contributed by atoms with Gasteiger partial charge in [-0.25, -0.2) is 0 Å². The van der Waals surface area contributed by atoms with Crippen LogP contribution in [0.1, 0.15) is 82.0 Å². The van der Waals surface area contributed by atoms with Gasteiger partial charge in [0.15, 0.2) is 0 Å². The van der Waals surface area contributed by atoms with E-state index in [-0.39, 0.29) is 42.0 Å². The van der Waals surface area contributed by atoms with Gasteiger partial charge in [-0.05, 0) is 103 Å². The minimum absolute atomic E-state index is 0.0204. The summed E-state index contributed by atoms with van der Waals surface area (Å²) in [4.78, 5) is 76.5. The molecule has 13 nitrogen and oxygen atoms in total. The number of hydrogen-bond acceptors (Lipinski definition) is 9. The third-order valence-electron chi connectivity index (χ3n) is 13.4. The van der Waals surface area contributed by atoms with Gasteiger partial charge in [-0.1, -0.05) is 17.7 Å². The Balaban J connectivity index is 0.732. The summed E-state index contributed by atoms with van der Waals surface area (Å²) in [6.07, 6.45) is 3.84. The molecule has 58 heavy (non-hydrogen) atoms. The zero-order chi connectivity index (χ0) is 40.3. The SMILES string of the molecule is CC1CC2(CCN(c3ccc(C(=O)N4CCN(C(=O)CN5Cc6cc7c(cc6C5)C(=O)N(C5CCC(=O)NC5=O)C7)CC4)cc3)CC2)CN1c1ccc(C#N)c(Cl)c1. The molecular formula is C44H47ClN8O5. The molecule has 1 spiro atoms. The van der Waals surface area contributed by atoms with E-state index in [9.17, 15) is 29.2 Å². The van der Waals surface area contributed by atoms with Crippen LogP contribution in [0.3, 0.4) is 0 Å². The van der Waals surface area contributed by atoms with Crippen molar-refractivity contribution < 1.29 is 24.0 Å². The molecule has 2 unspecified atom stereocenters. The van der Waals surface area contributed by atoms with Crippen molar-refractivity contribution >= 4 is 52.5 Å². The first kappa shape index (κ1) is 38.1. The van der Waals surface area contributed by atoms with Crippen molar-refractivity contribution in [2.75, 3.05) is 62.2 Å². The number of carbonyl (C=O) groups excluding carboxylic acids is 5. The summed E-state index contributed by atoms with van der Waals surface area (Å²) in [6, 6.07) is 19.5. The van der Waals surface area contributed by atoms with Gasteiger partial charge in [0.2, 0.25) is 17.7 Å². The zero-order valence-corrected chi connectivity index (χ0v) is 33.5. The van der Waals surface area contributed by atoms with Crippen molar-refractivity contribution in [3.05, 3.63) is 93.0 Å². The van der Waals surface area contributed by atoms with Gasteiger partial charge in [-0.15, -0.1) is 0 Å². The number of hydrogen-bond donors (Lipinski definition) is 1. The molecule has 6 aliphatic heterocycles. The number of benzene rings is 3.